The van der Waals surface area contributed by atoms with Gasteiger partial charge in [0.2, 0.25) is 6.10 Å². The van der Waals surface area contributed by atoms with E-state index in [-0.39, 0.29) is 18.0 Å². The van der Waals surface area contributed by atoms with Gasteiger partial charge in [0.15, 0.2) is 0 Å². The summed E-state index contributed by atoms with van der Waals surface area (Å²) < 4.78 is 40.7. The smallest absolute Gasteiger partial charge is 0.382 e. The highest BCUT2D eigenvalue weighted by molar-refractivity contribution is 14.1. The lowest BCUT2D eigenvalue weighted by atomic mass is 9.94. The van der Waals surface area contributed by atoms with E-state index in [1.807, 2.05) is 0 Å². The molecule has 0 spiro atoms. The summed E-state index contributed by atoms with van der Waals surface area (Å²) in [6, 6.07) is 10.2. The Kier molecular flexibility index (Phi) is 4.17. The molecule has 1 heterocycles. The van der Waals surface area contributed by atoms with E-state index in [0.29, 0.717) is 21.9 Å². The van der Waals surface area contributed by atoms with Crippen molar-refractivity contribution in [3.05, 3.63) is 47.5 Å². The maximum absolute atomic E-state index is 12.7. The lowest BCUT2D eigenvalue weighted by Gasteiger charge is -2.12. The summed E-state index contributed by atoms with van der Waals surface area (Å²) >= 11 is 1.74. The number of halogens is 4. The Balaban J connectivity index is 2.06. The van der Waals surface area contributed by atoms with E-state index in [4.69, 9.17) is 0 Å². The van der Waals surface area contributed by atoms with Gasteiger partial charge in [-0.1, -0.05) is 35.5 Å². The Hall–Kier alpha value is -1.84. The predicted molar refractivity (Wildman–Crippen MR) is 87.5 cm³/mol. The minimum Gasteiger partial charge on any atom is -0.382 e. The standard InChI is InChI=1S/C15H10F3IN2O2/c16-15(17,18)13-7-12(21-23-13)10-5-6-11(14(22)20-19)9-4-2-1-3-8(9)10/h1-6,13H,7H2,(H,20,22)/t13-/m0/s1. The molecule has 1 N–H and O–H groups in total. The van der Waals surface area contributed by atoms with Crippen molar-refractivity contribution in [1.29, 1.82) is 0 Å². The second kappa shape index (κ2) is 5.99. The molecule has 8 heteroatoms. The lowest BCUT2D eigenvalue weighted by molar-refractivity contribution is -0.212. The third-order valence-corrected chi connectivity index (χ3v) is 4.09. The van der Waals surface area contributed by atoms with Crippen molar-refractivity contribution in [2.75, 3.05) is 0 Å². The summed E-state index contributed by atoms with van der Waals surface area (Å²) in [6.45, 7) is 0. The number of hydrogen-bond acceptors (Lipinski definition) is 3. The van der Waals surface area contributed by atoms with E-state index < -0.39 is 12.3 Å². The summed E-state index contributed by atoms with van der Waals surface area (Å²) in [6.07, 6.45) is -6.72. The van der Waals surface area contributed by atoms with Gasteiger partial charge in [-0.15, -0.1) is 0 Å². The van der Waals surface area contributed by atoms with Gasteiger partial charge < -0.3 is 4.84 Å². The van der Waals surface area contributed by atoms with Crippen LogP contribution in [0.2, 0.25) is 0 Å². The van der Waals surface area contributed by atoms with E-state index in [1.165, 1.54) is 0 Å². The molecule has 1 aliphatic heterocycles. The van der Waals surface area contributed by atoms with Crippen LogP contribution in [0.4, 0.5) is 13.2 Å². The lowest BCUT2D eigenvalue weighted by Crippen LogP contribution is -2.28. The van der Waals surface area contributed by atoms with Gasteiger partial charge in [-0.2, -0.15) is 13.2 Å². The van der Waals surface area contributed by atoms with E-state index in [9.17, 15) is 18.0 Å². The fourth-order valence-electron chi connectivity index (χ4n) is 2.51. The van der Waals surface area contributed by atoms with Crippen molar-refractivity contribution in [2.45, 2.75) is 18.7 Å². The highest BCUT2D eigenvalue weighted by Gasteiger charge is 2.45. The average molecular weight is 434 g/mol. The predicted octanol–water partition coefficient (Wildman–Crippen LogP) is 3.97. The molecule has 0 saturated heterocycles. The van der Waals surface area contributed by atoms with Gasteiger partial charge in [0.05, 0.1) is 28.6 Å². The number of oxime groups is 1. The van der Waals surface area contributed by atoms with Crippen LogP contribution in [0.5, 0.6) is 0 Å². The molecular weight excluding hydrogens is 424 g/mol. The van der Waals surface area contributed by atoms with Crippen molar-refractivity contribution < 1.29 is 22.8 Å². The second-order valence-corrected chi connectivity index (χ2v) is 5.55. The van der Waals surface area contributed by atoms with Crippen molar-refractivity contribution in [3.8, 4) is 0 Å². The summed E-state index contributed by atoms with van der Waals surface area (Å²) in [4.78, 5) is 16.4. The van der Waals surface area contributed by atoms with Gasteiger partial charge in [-0.05, 0) is 16.8 Å². The molecule has 0 saturated carbocycles. The molecule has 4 nitrogen and oxygen atoms in total. The minimum atomic E-state index is -4.46. The van der Waals surface area contributed by atoms with Crippen molar-refractivity contribution in [3.63, 3.8) is 0 Å². The number of benzene rings is 2. The number of amides is 1. The molecule has 0 aromatic heterocycles. The number of hydrogen-bond donors (Lipinski definition) is 1. The second-order valence-electron chi connectivity index (χ2n) is 5.01. The van der Waals surface area contributed by atoms with Gasteiger partial charge >= 0.3 is 6.18 Å². The SMILES string of the molecule is O=C(NI)c1ccc(C2=NO[C@H](C(F)(F)F)C2)c2ccccc12. The molecule has 0 fully saturated rings. The minimum absolute atomic E-state index is 0.227. The molecule has 1 atom stereocenters. The van der Waals surface area contributed by atoms with Gasteiger partial charge in [-0.3, -0.25) is 8.32 Å². The third kappa shape index (κ3) is 2.99. The van der Waals surface area contributed by atoms with Crippen LogP contribution >= 0.6 is 22.9 Å². The van der Waals surface area contributed by atoms with Gasteiger partial charge in [0, 0.05) is 17.5 Å². The van der Waals surface area contributed by atoms with Crippen LogP contribution in [-0.4, -0.2) is 23.9 Å². The number of carbonyl (C=O) groups excluding carboxylic acids is 1. The molecule has 2 aromatic rings. The average Bonchev–Trinajstić information content (AvgIpc) is 3.03. The Morgan fingerprint density at radius 1 is 1.22 bits per heavy atom. The normalized spacial score (nSPS) is 17.7. The maximum atomic E-state index is 12.7. The molecule has 3 rings (SSSR count). The molecule has 0 unspecified atom stereocenters. The zero-order chi connectivity index (χ0) is 16.6. The first-order valence-corrected chi connectivity index (χ1v) is 7.72. The topological polar surface area (TPSA) is 50.7 Å². The van der Waals surface area contributed by atoms with E-state index in [0.717, 1.165) is 0 Å². The van der Waals surface area contributed by atoms with E-state index in [1.54, 1.807) is 59.3 Å². The number of nitrogens with zero attached hydrogens (tertiary/aromatic N) is 1. The Morgan fingerprint density at radius 3 is 2.52 bits per heavy atom. The third-order valence-electron chi connectivity index (χ3n) is 3.60. The fourth-order valence-corrected chi connectivity index (χ4v) is 2.80. The zero-order valence-electron chi connectivity index (χ0n) is 11.5. The molecule has 0 bridgehead atoms. The van der Waals surface area contributed by atoms with Crippen LogP contribution < -0.4 is 3.53 Å². The Morgan fingerprint density at radius 2 is 1.91 bits per heavy atom. The summed E-state index contributed by atoms with van der Waals surface area (Å²) in [5.41, 5.74) is 1.22. The monoisotopic (exact) mass is 434 g/mol. The van der Waals surface area contributed by atoms with Crippen LogP contribution in [-0.2, 0) is 4.84 Å². The molecule has 23 heavy (non-hydrogen) atoms. The van der Waals surface area contributed by atoms with Crippen molar-refractivity contribution >= 4 is 45.3 Å². The van der Waals surface area contributed by atoms with E-state index >= 15 is 0 Å². The number of rotatable bonds is 2. The summed E-state index contributed by atoms with van der Waals surface area (Å²) in [5, 5.41) is 4.91. The fraction of sp³-hybridized carbons (Fsp3) is 0.200. The number of fused-ring (bicyclic) bond motifs is 1. The highest BCUT2D eigenvalue weighted by atomic mass is 127. The Labute approximate surface area is 143 Å². The van der Waals surface area contributed by atoms with Crippen LogP contribution in [0.25, 0.3) is 10.8 Å². The van der Waals surface area contributed by atoms with Crippen molar-refractivity contribution in [2.24, 2.45) is 5.16 Å². The van der Waals surface area contributed by atoms with E-state index in [2.05, 4.69) is 13.5 Å². The largest absolute Gasteiger partial charge is 0.428 e. The van der Waals surface area contributed by atoms with Crippen LogP contribution in [0.1, 0.15) is 22.3 Å². The highest BCUT2D eigenvalue weighted by Crippen LogP contribution is 2.33. The number of nitrogens with one attached hydrogen (secondary N) is 1. The number of carbonyl (C=O) groups is 1. The van der Waals surface area contributed by atoms with Crippen LogP contribution in [0, 0.1) is 0 Å². The molecule has 1 amide bonds. The number of alkyl halides is 3. The van der Waals surface area contributed by atoms with Gasteiger partial charge in [0.25, 0.3) is 5.91 Å². The molecule has 0 aliphatic carbocycles. The van der Waals surface area contributed by atoms with Gasteiger partial charge in [0.1, 0.15) is 0 Å². The first-order valence-electron chi connectivity index (χ1n) is 6.64. The molecule has 120 valence electrons. The zero-order valence-corrected chi connectivity index (χ0v) is 13.7. The maximum Gasteiger partial charge on any atom is 0.428 e. The molecule has 2 aromatic carbocycles. The quantitative estimate of drug-likeness (QED) is 0.575. The van der Waals surface area contributed by atoms with Crippen LogP contribution in [0.3, 0.4) is 0 Å². The van der Waals surface area contributed by atoms with Crippen LogP contribution in [0.15, 0.2) is 41.6 Å². The first kappa shape index (κ1) is 16.0. The van der Waals surface area contributed by atoms with Crippen molar-refractivity contribution in [1.82, 2.24) is 3.53 Å². The van der Waals surface area contributed by atoms with Gasteiger partial charge in [-0.25, -0.2) is 0 Å². The molecule has 0 radical (unpaired) electrons. The Bertz CT molecular complexity index is 805. The summed E-state index contributed by atoms with van der Waals surface area (Å²) in [5.74, 6) is -0.272. The summed E-state index contributed by atoms with van der Waals surface area (Å²) in [7, 11) is 0. The molecule has 1 aliphatic rings. The first-order chi connectivity index (χ1) is 10.9. The molecular formula is C15H10F3IN2O2.